The Morgan fingerprint density at radius 2 is 2.17 bits per heavy atom. The van der Waals surface area contributed by atoms with Crippen molar-refractivity contribution in [3.05, 3.63) is 53.0 Å². The van der Waals surface area contributed by atoms with Gasteiger partial charge in [-0.1, -0.05) is 12.1 Å². The van der Waals surface area contributed by atoms with E-state index >= 15 is 0 Å². The molecule has 96 valence electrons. The van der Waals surface area contributed by atoms with Gasteiger partial charge in [0.05, 0.1) is 12.2 Å². The van der Waals surface area contributed by atoms with E-state index in [-0.39, 0.29) is 11.9 Å². The summed E-state index contributed by atoms with van der Waals surface area (Å²) in [6.45, 7) is 6.17. The summed E-state index contributed by atoms with van der Waals surface area (Å²) in [5.41, 5.74) is 1.57. The molecule has 3 nitrogen and oxygen atoms in total. The zero-order chi connectivity index (χ0) is 13.1. The van der Waals surface area contributed by atoms with Crippen LogP contribution in [0.4, 0.5) is 4.39 Å². The average Bonchev–Trinajstić information content (AvgIpc) is 2.77. The van der Waals surface area contributed by atoms with E-state index in [9.17, 15) is 4.39 Å². The fourth-order valence-electron chi connectivity index (χ4n) is 1.68. The number of oxazole rings is 1. The second kappa shape index (κ2) is 5.31. The molecule has 0 spiro atoms. The Hall–Kier alpha value is -1.68. The number of rotatable bonds is 4. The van der Waals surface area contributed by atoms with Gasteiger partial charge in [-0.3, -0.25) is 0 Å². The molecule has 0 fully saturated rings. The Kier molecular flexibility index (Phi) is 3.77. The summed E-state index contributed by atoms with van der Waals surface area (Å²) in [5, 5.41) is 3.25. The summed E-state index contributed by atoms with van der Waals surface area (Å²) in [6, 6.07) is 5.25. The molecule has 0 aliphatic heterocycles. The SMILES string of the molecule is Cc1cnc(C(C)NCc2ccc(C)c(F)c2)o1. The van der Waals surface area contributed by atoms with Gasteiger partial charge in [-0.25, -0.2) is 9.37 Å². The predicted octanol–water partition coefficient (Wildman–Crippen LogP) is 3.28. The van der Waals surface area contributed by atoms with Gasteiger partial charge in [0.15, 0.2) is 0 Å². The minimum atomic E-state index is -0.172. The Balaban J connectivity index is 1.97. The van der Waals surface area contributed by atoms with Crippen molar-refractivity contribution in [2.45, 2.75) is 33.4 Å². The van der Waals surface area contributed by atoms with Gasteiger partial charge in [-0.05, 0) is 38.0 Å². The van der Waals surface area contributed by atoms with E-state index in [0.29, 0.717) is 18.0 Å². The largest absolute Gasteiger partial charge is 0.444 e. The van der Waals surface area contributed by atoms with E-state index in [1.165, 1.54) is 0 Å². The minimum absolute atomic E-state index is 0.00284. The van der Waals surface area contributed by atoms with Crippen molar-refractivity contribution < 1.29 is 8.81 Å². The lowest BCUT2D eigenvalue weighted by Gasteiger charge is -2.10. The number of hydrogen-bond acceptors (Lipinski definition) is 3. The van der Waals surface area contributed by atoms with Crippen LogP contribution in [-0.4, -0.2) is 4.98 Å². The molecule has 0 saturated heterocycles. The molecule has 0 aliphatic rings. The topological polar surface area (TPSA) is 38.1 Å². The summed E-state index contributed by atoms with van der Waals surface area (Å²) in [7, 11) is 0. The van der Waals surface area contributed by atoms with Gasteiger partial charge in [0.1, 0.15) is 11.6 Å². The van der Waals surface area contributed by atoms with Gasteiger partial charge in [-0.2, -0.15) is 0 Å². The number of nitrogens with one attached hydrogen (secondary N) is 1. The smallest absolute Gasteiger partial charge is 0.211 e. The first-order chi connectivity index (χ1) is 8.56. The van der Waals surface area contributed by atoms with Crippen molar-refractivity contribution in [1.29, 1.82) is 0 Å². The highest BCUT2D eigenvalue weighted by Crippen LogP contribution is 2.14. The molecule has 0 aliphatic carbocycles. The van der Waals surface area contributed by atoms with Crippen LogP contribution in [0.1, 0.15) is 35.7 Å². The van der Waals surface area contributed by atoms with Gasteiger partial charge >= 0.3 is 0 Å². The molecule has 1 unspecified atom stereocenters. The number of aromatic nitrogens is 1. The molecule has 1 aromatic heterocycles. The number of nitrogens with zero attached hydrogens (tertiary/aromatic N) is 1. The molecule has 1 atom stereocenters. The molecule has 1 aromatic carbocycles. The molecule has 4 heteroatoms. The van der Waals surface area contributed by atoms with Crippen molar-refractivity contribution in [2.24, 2.45) is 0 Å². The second-order valence-electron chi connectivity index (χ2n) is 4.50. The number of halogens is 1. The van der Waals surface area contributed by atoms with Crippen LogP contribution in [0.25, 0.3) is 0 Å². The summed E-state index contributed by atoms with van der Waals surface area (Å²) < 4.78 is 18.8. The fourth-order valence-corrected chi connectivity index (χ4v) is 1.68. The molecule has 18 heavy (non-hydrogen) atoms. The van der Waals surface area contributed by atoms with Crippen LogP contribution in [0.15, 0.2) is 28.8 Å². The van der Waals surface area contributed by atoms with E-state index in [1.54, 1.807) is 25.3 Å². The van der Waals surface area contributed by atoms with Crippen molar-refractivity contribution in [3.8, 4) is 0 Å². The van der Waals surface area contributed by atoms with Gasteiger partial charge in [-0.15, -0.1) is 0 Å². The molecular formula is C14H17FN2O. The van der Waals surface area contributed by atoms with Crippen LogP contribution in [-0.2, 0) is 6.54 Å². The summed E-state index contributed by atoms with van der Waals surface area (Å²) in [4.78, 5) is 4.16. The molecule has 1 N–H and O–H groups in total. The minimum Gasteiger partial charge on any atom is -0.444 e. The van der Waals surface area contributed by atoms with Gasteiger partial charge in [0.25, 0.3) is 0 Å². The van der Waals surface area contributed by atoms with Crippen molar-refractivity contribution >= 4 is 0 Å². The van der Waals surface area contributed by atoms with E-state index in [2.05, 4.69) is 10.3 Å². The first-order valence-electron chi connectivity index (χ1n) is 5.97. The van der Waals surface area contributed by atoms with Crippen LogP contribution in [0.3, 0.4) is 0 Å². The maximum Gasteiger partial charge on any atom is 0.211 e. The number of aryl methyl sites for hydroxylation is 2. The average molecular weight is 248 g/mol. The molecule has 2 aromatic rings. The molecule has 0 amide bonds. The standard InChI is InChI=1S/C14H17FN2O/c1-9-4-5-12(6-13(9)15)8-16-11(3)14-17-7-10(2)18-14/h4-7,11,16H,8H2,1-3H3. The number of benzene rings is 1. The quantitative estimate of drug-likeness (QED) is 0.902. The molecule has 0 bridgehead atoms. The second-order valence-corrected chi connectivity index (χ2v) is 4.50. The zero-order valence-electron chi connectivity index (χ0n) is 10.8. The monoisotopic (exact) mass is 248 g/mol. The Labute approximate surface area is 106 Å². The third-order valence-electron chi connectivity index (χ3n) is 2.86. The van der Waals surface area contributed by atoms with E-state index < -0.39 is 0 Å². The lowest BCUT2D eigenvalue weighted by Crippen LogP contribution is -2.18. The number of hydrogen-bond donors (Lipinski definition) is 1. The summed E-state index contributed by atoms with van der Waals surface area (Å²) >= 11 is 0. The van der Waals surface area contributed by atoms with Gasteiger partial charge < -0.3 is 9.73 Å². The fraction of sp³-hybridized carbons (Fsp3) is 0.357. The van der Waals surface area contributed by atoms with E-state index in [4.69, 9.17) is 4.42 Å². The van der Waals surface area contributed by atoms with Crippen LogP contribution in [0.2, 0.25) is 0 Å². The van der Waals surface area contributed by atoms with Crippen LogP contribution < -0.4 is 5.32 Å². The Bertz CT molecular complexity index is 536. The maximum atomic E-state index is 13.4. The molecule has 0 saturated carbocycles. The highest BCUT2D eigenvalue weighted by atomic mass is 19.1. The molecule has 1 heterocycles. The normalized spacial score (nSPS) is 12.7. The van der Waals surface area contributed by atoms with Crippen LogP contribution >= 0.6 is 0 Å². The third kappa shape index (κ3) is 2.96. The molecular weight excluding hydrogens is 231 g/mol. The van der Waals surface area contributed by atoms with Crippen molar-refractivity contribution in [3.63, 3.8) is 0 Å². The lowest BCUT2D eigenvalue weighted by atomic mass is 10.1. The van der Waals surface area contributed by atoms with Crippen LogP contribution in [0.5, 0.6) is 0 Å². The Morgan fingerprint density at radius 3 is 2.78 bits per heavy atom. The highest BCUT2D eigenvalue weighted by Gasteiger charge is 2.10. The van der Waals surface area contributed by atoms with E-state index in [1.807, 2.05) is 19.9 Å². The first-order valence-corrected chi connectivity index (χ1v) is 5.97. The van der Waals surface area contributed by atoms with Gasteiger partial charge in [0.2, 0.25) is 5.89 Å². The maximum absolute atomic E-state index is 13.4. The zero-order valence-corrected chi connectivity index (χ0v) is 10.8. The third-order valence-corrected chi connectivity index (χ3v) is 2.86. The molecule has 0 radical (unpaired) electrons. The lowest BCUT2D eigenvalue weighted by molar-refractivity contribution is 0.402. The highest BCUT2D eigenvalue weighted by molar-refractivity contribution is 5.23. The predicted molar refractivity (Wildman–Crippen MR) is 67.6 cm³/mol. The van der Waals surface area contributed by atoms with Gasteiger partial charge in [0, 0.05) is 6.54 Å². The van der Waals surface area contributed by atoms with Crippen molar-refractivity contribution in [2.75, 3.05) is 0 Å². The molecule has 2 rings (SSSR count). The summed E-state index contributed by atoms with van der Waals surface area (Å²) in [6.07, 6.45) is 1.69. The Morgan fingerprint density at radius 1 is 1.39 bits per heavy atom. The van der Waals surface area contributed by atoms with Crippen LogP contribution in [0, 0.1) is 19.7 Å². The summed E-state index contributed by atoms with van der Waals surface area (Å²) in [5.74, 6) is 1.27. The first kappa shape index (κ1) is 12.8. The van der Waals surface area contributed by atoms with Crippen molar-refractivity contribution in [1.82, 2.24) is 10.3 Å². The van der Waals surface area contributed by atoms with E-state index in [0.717, 1.165) is 11.3 Å².